The fraction of sp³-hybridized carbons (Fsp3) is 0.500. The van der Waals surface area contributed by atoms with E-state index in [0.29, 0.717) is 0 Å². The Bertz CT molecular complexity index is 126. The van der Waals surface area contributed by atoms with Gasteiger partial charge in [-0.1, -0.05) is 11.8 Å². The van der Waals surface area contributed by atoms with Crippen LogP contribution in [0.3, 0.4) is 0 Å². The standard InChI is InChI=1S/C4H8N2O2S/c1-9-4(8)6-2-3(5)7/h2H2,1H3,(H2,5,7)(H,6,8). The summed E-state index contributed by atoms with van der Waals surface area (Å²) in [4.78, 5) is 20.4. The quantitative estimate of drug-likeness (QED) is 0.556. The number of thioether (sulfide) groups is 1. The van der Waals surface area contributed by atoms with Crippen molar-refractivity contribution in [1.29, 1.82) is 0 Å². The highest BCUT2D eigenvalue weighted by atomic mass is 32.2. The van der Waals surface area contributed by atoms with E-state index in [0.717, 1.165) is 11.8 Å². The summed E-state index contributed by atoms with van der Waals surface area (Å²) < 4.78 is 0. The second-order valence-corrected chi connectivity index (χ2v) is 2.09. The molecular formula is C4H8N2O2S. The van der Waals surface area contributed by atoms with E-state index in [9.17, 15) is 9.59 Å². The number of rotatable bonds is 2. The molecule has 2 amide bonds. The van der Waals surface area contributed by atoms with Gasteiger partial charge in [0.1, 0.15) is 0 Å². The number of nitrogens with one attached hydrogen (secondary N) is 1. The van der Waals surface area contributed by atoms with Crippen LogP contribution in [0, 0.1) is 0 Å². The zero-order chi connectivity index (χ0) is 7.28. The molecule has 0 aliphatic rings. The van der Waals surface area contributed by atoms with Gasteiger partial charge in [-0.2, -0.15) is 0 Å². The zero-order valence-electron chi connectivity index (χ0n) is 5.01. The summed E-state index contributed by atoms with van der Waals surface area (Å²) in [6, 6.07) is 0. The van der Waals surface area contributed by atoms with Crippen LogP contribution in [0.25, 0.3) is 0 Å². The third kappa shape index (κ3) is 5.16. The highest BCUT2D eigenvalue weighted by Crippen LogP contribution is 1.90. The molecule has 0 fully saturated rings. The fourth-order valence-corrected chi connectivity index (χ4v) is 0.448. The van der Waals surface area contributed by atoms with Crippen molar-refractivity contribution in [2.45, 2.75) is 0 Å². The molecule has 0 atom stereocenters. The summed E-state index contributed by atoms with van der Waals surface area (Å²) in [5.41, 5.74) is 4.73. The van der Waals surface area contributed by atoms with Crippen LogP contribution in [0.2, 0.25) is 0 Å². The van der Waals surface area contributed by atoms with Crippen molar-refractivity contribution in [3.63, 3.8) is 0 Å². The molecule has 0 rings (SSSR count). The predicted molar refractivity (Wildman–Crippen MR) is 36.1 cm³/mol. The van der Waals surface area contributed by atoms with Gasteiger partial charge >= 0.3 is 0 Å². The van der Waals surface area contributed by atoms with Gasteiger partial charge in [0.25, 0.3) is 5.24 Å². The molecule has 5 heteroatoms. The Balaban J connectivity index is 3.28. The van der Waals surface area contributed by atoms with Crippen LogP contribution in [0.4, 0.5) is 4.79 Å². The van der Waals surface area contributed by atoms with Gasteiger partial charge in [0, 0.05) is 0 Å². The molecule has 0 saturated carbocycles. The van der Waals surface area contributed by atoms with E-state index in [2.05, 4.69) is 5.32 Å². The maximum Gasteiger partial charge on any atom is 0.279 e. The molecule has 0 aromatic carbocycles. The van der Waals surface area contributed by atoms with Crippen molar-refractivity contribution in [2.75, 3.05) is 12.8 Å². The first-order valence-electron chi connectivity index (χ1n) is 2.27. The van der Waals surface area contributed by atoms with Gasteiger partial charge in [-0.15, -0.1) is 0 Å². The van der Waals surface area contributed by atoms with Gasteiger partial charge < -0.3 is 11.1 Å². The maximum atomic E-state index is 10.4. The summed E-state index contributed by atoms with van der Waals surface area (Å²) in [6.45, 7) is -0.0837. The molecule has 0 aliphatic carbocycles. The van der Waals surface area contributed by atoms with E-state index in [1.165, 1.54) is 0 Å². The maximum absolute atomic E-state index is 10.4. The third-order valence-corrected chi connectivity index (χ3v) is 1.11. The van der Waals surface area contributed by atoms with Crippen molar-refractivity contribution in [3.8, 4) is 0 Å². The highest BCUT2D eigenvalue weighted by Gasteiger charge is 1.97. The molecule has 3 N–H and O–H groups in total. The van der Waals surface area contributed by atoms with Crippen molar-refractivity contribution in [2.24, 2.45) is 5.73 Å². The van der Waals surface area contributed by atoms with E-state index in [-0.39, 0.29) is 11.8 Å². The Morgan fingerprint density at radius 3 is 2.56 bits per heavy atom. The minimum Gasteiger partial charge on any atom is -0.368 e. The number of hydrogen-bond acceptors (Lipinski definition) is 3. The Morgan fingerprint density at radius 2 is 2.22 bits per heavy atom. The lowest BCUT2D eigenvalue weighted by Gasteiger charge is -1.95. The molecule has 0 heterocycles. The molecule has 52 valence electrons. The van der Waals surface area contributed by atoms with Crippen molar-refractivity contribution in [3.05, 3.63) is 0 Å². The van der Waals surface area contributed by atoms with Gasteiger partial charge in [-0.05, 0) is 6.26 Å². The lowest BCUT2D eigenvalue weighted by Crippen LogP contribution is -2.30. The molecular weight excluding hydrogens is 140 g/mol. The van der Waals surface area contributed by atoms with Crippen LogP contribution in [-0.4, -0.2) is 23.9 Å². The number of carbonyl (C=O) groups excluding carboxylic acids is 2. The summed E-state index contributed by atoms with van der Waals surface area (Å²) >= 11 is 1.01. The molecule has 0 radical (unpaired) electrons. The molecule has 0 bridgehead atoms. The molecule has 0 unspecified atom stereocenters. The van der Waals surface area contributed by atoms with E-state index >= 15 is 0 Å². The molecule has 0 aromatic rings. The van der Waals surface area contributed by atoms with Crippen LogP contribution in [-0.2, 0) is 4.79 Å². The fourth-order valence-electron chi connectivity index (χ4n) is 0.231. The Hall–Kier alpha value is -0.710. The van der Waals surface area contributed by atoms with E-state index in [4.69, 9.17) is 5.73 Å². The topological polar surface area (TPSA) is 72.2 Å². The predicted octanol–water partition coefficient (Wildman–Crippen LogP) is -0.456. The SMILES string of the molecule is CSC(=O)NCC(N)=O. The molecule has 0 saturated heterocycles. The first-order chi connectivity index (χ1) is 4.16. The first-order valence-corrected chi connectivity index (χ1v) is 3.49. The second kappa shape index (κ2) is 4.20. The van der Waals surface area contributed by atoms with E-state index in [1.807, 2.05) is 0 Å². The average molecular weight is 148 g/mol. The van der Waals surface area contributed by atoms with Crippen molar-refractivity contribution < 1.29 is 9.59 Å². The Kier molecular flexibility index (Phi) is 3.87. The van der Waals surface area contributed by atoms with Crippen LogP contribution in [0.15, 0.2) is 0 Å². The summed E-state index contributed by atoms with van der Waals surface area (Å²) in [7, 11) is 0. The van der Waals surface area contributed by atoms with Gasteiger partial charge in [0.15, 0.2) is 0 Å². The van der Waals surface area contributed by atoms with Crippen LogP contribution >= 0.6 is 11.8 Å². The summed E-state index contributed by atoms with van der Waals surface area (Å²) in [6.07, 6.45) is 1.62. The monoisotopic (exact) mass is 148 g/mol. The molecule has 0 spiro atoms. The number of amides is 2. The zero-order valence-corrected chi connectivity index (χ0v) is 5.83. The second-order valence-electron chi connectivity index (χ2n) is 1.31. The molecule has 4 nitrogen and oxygen atoms in total. The van der Waals surface area contributed by atoms with Crippen LogP contribution in [0.5, 0.6) is 0 Å². The number of hydrogen-bond donors (Lipinski definition) is 2. The largest absolute Gasteiger partial charge is 0.368 e. The number of primary amides is 1. The summed E-state index contributed by atoms with van der Waals surface area (Å²) in [5, 5.41) is 2.04. The van der Waals surface area contributed by atoms with Crippen molar-refractivity contribution >= 4 is 22.9 Å². The number of carbonyl (C=O) groups is 2. The van der Waals surface area contributed by atoms with Crippen LogP contribution < -0.4 is 11.1 Å². The van der Waals surface area contributed by atoms with Crippen molar-refractivity contribution in [1.82, 2.24) is 5.32 Å². The molecule has 9 heavy (non-hydrogen) atoms. The van der Waals surface area contributed by atoms with Crippen LogP contribution in [0.1, 0.15) is 0 Å². The lowest BCUT2D eigenvalue weighted by molar-refractivity contribution is -0.117. The normalized spacial score (nSPS) is 8.56. The first kappa shape index (κ1) is 8.29. The smallest absolute Gasteiger partial charge is 0.279 e. The molecule has 0 aromatic heterocycles. The van der Waals surface area contributed by atoms with Gasteiger partial charge in [0.2, 0.25) is 5.91 Å². The van der Waals surface area contributed by atoms with Gasteiger partial charge in [-0.25, -0.2) is 0 Å². The van der Waals surface area contributed by atoms with E-state index in [1.54, 1.807) is 6.26 Å². The minimum atomic E-state index is -0.530. The van der Waals surface area contributed by atoms with Gasteiger partial charge in [0.05, 0.1) is 6.54 Å². The van der Waals surface area contributed by atoms with Gasteiger partial charge in [-0.3, -0.25) is 9.59 Å². The summed E-state index contributed by atoms with van der Waals surface area (Å²) in [5.74, 6) is -0.530. The Morgan fingerprint density at radius 1 is 1.67 bits per heavy atom. The average Bonchev–Trinajstić information content (AvgIpc) is 1.83. The Labute approximate surface area is 57.2 Å². The minimum absolute atomic E-state index is 0.0837. The highest BCUT2D eigenvalue weighted by molar-refractivity contribution is 8.12. The van der Waals surface area contributed by atoms with E-state index < -0.39 is 5.91 Å². The lowest BCUT2D eigenvalue weighted by atomic mass is 10.6. The third-order valence-electron chi connectivity index (χ3n) is 0.592. The number of nitrogens with two attached hydrogens (primary N) is 1. The molecule has 0 aliphatic heterocycles.